The molecule has 7 amide bonds. The molecule has 2 aromatic carbocycles. The molecule has 334 valence electrons. The molecule has 4 aliphatic heterocycles. The maximum absolute atomic E-state index is 14.4. The van der Waals surface area contributed by atoms with Crippen LogP contribution in [0.1, 0.15) is 76.3 Å². The van der Waals surface area contributed by atoms with E-state index in [2.05, 4.69) is 26.2 Å². The summed E-state index contributed by atoms with van der Waals surface area (Å²) in [5.41, 5.74) is 1.76. The SMILES string of the molecule is C[C@@H]1CN(C(=O)[C@H](C)NC(=O)[C@@H]2CCCCN2C(=O)[C@@H]2CCCCN2C(=O)[C@H](CO)NC(=O)[C@H](Cc2cc(F)cc(F)c2)NC(=O)Nc2ccc3c(c2)CCN3C)C2(CC2=O)C1. The third-order valence-electron chi connectivity index (χ3n) is 12.9. The minimum Gasteiger partial charge on any atom is -0.394 e. The standard InChI is InChI=1S/C44H56F2N8O8/c1-25-21-44(22-37(44)56)54(23-25)40(59)26(2)47-39(58)35-8-4-6-13-52(35)42(61)36-9-5-7-14-53(36)41(60)33(24-55)49-38(57)32(18-27-16-29(45)20-30(46)17-27)50-43(62)48-31-10-11-34-28(19-31)12-15-51(34)3/h10-11,16-17,19-20,25-26,32-33,35-36,55H,4-9,12-15,18,21-24H2,1-3H3,(H,47,58)(H,49,57)(H2,48,50,62)/t25-,26-,32-,33-,35-,36-,44?/m0/s1. The smallest absolute Gasteiger partial charge is 0.319 e. The molecule has 7 rings (SSSR count). The number of carbonyl (C=O) groups is 7. The van der Waals surface area contributed by atoms with Gasteiger partial charge in [-0.25, -0.2) is 13.6 Å². The number of likely N-dealkylation sites (N-methyl/N-ethyl adjacent to an activating group) is 1. The number of fused-ring (bicyclic) bond motifs is 1. The van der Waals surface area contributed by atoms with Crippen molar-refractivity contribution in [2.24, 2.45) is 5.92 Å². The largest absolute Gasteiger partial charge is 0.394 e. The Labute approximate surface area is 359 Å². The minimum absolute atomic E-state index is 0.0198. The molecule has 0 aromatic heterocycles. The van der Waals surface area contributed by atoms with Gasteiger partial charge in [0.2, 0.25) is 29.5 Å². The van der Waals surface area contributed by atoms with E-state index >= 15 is 0 Å². The molecule has 4 fully saturated rings. The van der Waals surface area contributed by atoms with Crippen molar-refractivity contribution >= 4 is 52.7 Å². The Hall–Kier alpha value is -5.65. The molecule has 16 nitrogen and oxygen atoms in total. The van der Waals surface area contributed by atoms with Gasteiger partial charge in [-0.15, -0.1) is 0 Å². The fourth-order valence-electron chi connectivity index (χ4n) is 9.71. The second kappa shape index (κ2) is 18.4. The normalized spacial score (nSPS) is 24.5. The van der Waals surface area contributed by atoms with Crippen LogP contribution < -0.4 is 26.2 Å². The summed E-state index contributed by atoms with van der Waals surface area (Å²) in [5.74, 6) is -4.64. The van der Waals surface area contributed by atoms with Gasteiger partial charge in [0.15, 0.2) is 5.78 Å². The van der Waals surface area contributed by atoms with Crippen LogP contribution in [0.4, 0.5) is 25.0 Å². The molecule has 0 bridgehead atoms. The molecule has 1 unspecified atom stereocenters. The fraction of sp³-hybridized carbons (Fsp3) is 0.568. The fourth-order valence-corrected chi connectivity index (χ4v) is 9.71. The highest BCUT2D eigenvalue weighted by Crippen LogP contribution is 2.48. The highest BCUT2D eigenvalue weighted by Gasteiger charge is 2.63. The number of aliphatic hydroxyl groups is 1. The first-order valence-electron chi connectivity index (χ1n) is 21.6. The van der Waals surface area contributed by atoms with Crippen LogP contribution in [-0.4, -0.2) is 137 Å². The summed E-state index contributed by atoms with van der Waals surface area (Å²) in [5, 5.41) is 21.0. The van der Waals surface area contributed by atoms with Crippen molar-refractivity contribution in [1.82, 2.24) is 30.7 Å². The summed E-state index contributed by atoms with van der Waals surface area (Å²) >= 11 is 0. The number of carbonyl (C=O) groups excluding carboxylic acids is 7. The lowest BCUT2D eigenvalue weighted by atomic mass is 9.95. The van der Waals surface area contributed by atoms with E-state index in [0.717, 1.165) is 36.3 Å². The van der Waals surface area contributed by atoms with Crippen LogP contribution in [0.5, 0.6) is 0 Å². The highest BCUT2D eigenvalue weighted by molar-refractivity contribution is 6.09. The Balaban J connectivity index is 1.02. The average molecular weight is 863 g/mol. The number of halogens is 2. The van der Waals surface area contributed by atoms with E-state index in [1.165, 1.54) is 9.80 Å². The number of Topliss-reactive ketones (excluding diaryl/α,β-unsaturated/α-hetero) is 1. The van der Waals surface area contributed by atoms with Crippen LogP contribution >= 0.6 is 0 Å². The van der Waals surface area contributed by atoms with E-state index < -0.39 is 83.6 Å². The average Bonchev–Trinajstić information content (AvgIpc) is 3.53. The number of hydrogen-bond acceptors (Lipinski definition) is 9. The van der Waals surface area contributed by atoms with E-state index in [4.69, 9.17) is 0 Å². The summed E-state index contributed by atoms with van der Waals surface area (Å²) in [6.45, 7) is 4.27. The minimum atomic E-state index is -1.57. The summed E-state index contributed by atoms with van der Waals surface area (Å²) < 4.78 is 28.5. The van der Waals surface area contributed by atoms with Crippen LogP contribution in [0.25, 0.3) is 0 Å². The summed E-state index contributed by atoms with van der Waals surface area (Å²) in [4.78, 5) is 102. The Morgan fingerprint density at radius 2 is 1.53 bits per heavy atom. The van der Waals surface area contributed by atoms with Crippen molar-refractivity contribution < 1.29 is 47.4 Å². The molecule has 0 radical (unpaired) electrons. The van der Waals surface area contributed by atoms with E-state index in [-0.39, 0.29) is 49.1 Å². The number of rotatable bonds is 12. The van der Waals surface area contributed by atoms with Crippen molar-refractivity contribution in [2.45, 2.75) is 114 Å². The zero-order valence-corrected chi connectivity index (χ0v) is 35.4. The topological polar surface area (TPSA) is 201 Å². The molecule has 4 heterocycles. The van der Waals surface area contributed by atoms with Crippen molar-refractivity contribution in [3.8, 4) is 0 Å². The van der Waals surface area contributed by atoms with Crippen molar-refractivity contribution in [2.75, 3.05) is 50.1 Å². The first-order valence-corrected chi connectivity index (χ1v) is 21.6. The number of hydrogen-bond donors (Lipinski definition) is 5. The molecule has 5 aliphatic rings. The number of ketones is 1. The summed E-state index contributed by atoms with van der Waals surface area (Å²) in [7, 11) is 1.96. The molecule has 62 heavy (non-hydrogen) atoms. The Bertz CT molecular complexity index is 2100. The number of anilines is 2. The number of aliphatic hydroxyl groups excluding tert-OH is 1. The zero-order chi connectivity index (χ0) is 44.5. The van der Waals surface area contributed by atoms with E-state index in [0.29, 0.717) is 63.2 Å². The molecule has 1 spiro atoms. The zero-order valence-electron chi connectivity index (χ0n) is 35.4. The van der Waals surface area contributed by atoms with Gasteiger partial charge in [0, 0.05) is 63.5 Å². The van der Waals surface area contributed by atoms with Crippen LogP contribution in [0.2, 0.25) is 0 Å². The molecule has 1 saturated carbocycles. The lowest BCUT2D eigenvalue weighted by molar-refractivity contribution is -0.154. The van der Waals surface area contributed by atoms with E-state index in [1.54, 1.807) is 17.9 Å². The molecule has 1 aliphatic carbocycles. The third-order valence-corrected chi connectivity index (χ3v) is 12.9. The van der Waals surface area contributed by atoms with Gasteiger partial charge in [0.1, 0.15) is 47.4 Å². The van der Waals surface area contributed by atoms with Gasteiger partial charge >= 0.3 is 6.03 Å². The third kappa shape index (κ3) is 9.39. The molecule has 5 N–H and O–H groups in total. The second-order valence-corrected chi connectivity index (χ2v) is 17.6. The van der Waals surface area contributed by atoms with E-state index in [1.807, 2.05) is 26.1 Å². The highest BCUT2D eigenvalue weighted by atomic mass is 19.1. The van der Waals surface area contributed by atoms with Crippen LogP contribution in [0.15, 0.2) is 36.4 Å². The quantitative estimate of drug-likeness (QED) is 0.212. The predicted molar refractivity (Wildman–Crippen MR) is 223 cm³/mol. The number of piperidine rings is 2. The Morgan fingerprint density at radius 3 is 2.21 bits per heavy atom. The van der Waals surface area contributed by atoms with Gasteiger partial charge in [-0.1, -0.05) is 6.92 Å². The molecule has 2 aromatic rings. The van der Waals surface area contributed by atoms with Crippen LogP contribution in [0.3, 0.4) is 0 Å². The number of urea groups is 1. The maximum Gasteiger partial charge on any atom is 0.319 e. The summed E-state index contributed by atoms with van der Waals surface area (Å²) in [6, 6.07) is 1.37. The van der Waals surface area contributed by atoms with Gasteiger partial charge in [-0.2, -0.15) is 0 Å². The molecule has 7 atom stereocenters. The van der Waals surface area contributed by atoms with Crippen molar-refractivity contribution in [3.05, 3.63) is 59.2 Å². The van der Waals surface area contributed by atoms with Crippen molar-refractivity contribution in [1.29, 1.82) is 0 Å². The number of amides is 7. The number of nitrogens with one attached hydrogen (secondary N) is 4. The Morgan fingerprint density at radius 1 is 0.855 bits per heavy atom. The molecular formula is C44H56F2N8O8. The van der Waals surface area contributed by atoms with Gasteiger partial charge in [-0.3, -0.25) is 28.8 Å². The number of nitrogens with zero attached hydrogens (tertiary/aromatic N) is 4. The van der Waals surface area contributed by atoms with Crippen LogP contribution in [0, 0.1) is 17.6 Å². The van der Waals surface area contributed by atoms with Gasteiger partial charge in [-0.05, 0) is 106 Å². The van der Waals surface area contributed by atoms with Crippen LogP contribution in [-0.2, 0) is 41.6 Å². The van der Waals surface area contributed by atoms with Crippen molar-refractivity contribution in [3.63, 3.8) is 0 Å². The molecular weight excluding hydrogens is 807 g/mol. The Kier molecular flexibility index (Phi) is 13.2. The maximum atomic E-state index is 14.4. The second-order valence-electron chi connectivity index (χ2n) is 17.6. The molecule has 3 saturated heterocycles. The predicted octanol–water partition coefficient (Wildman–Crippen LogP) is 2.01. The van der Waals surface area contributed by atoms with Gasteiger partial charge < -0.3 is 46.0 Å². The van der Waals surface area contributed by atoms with Gasteiger partial charge in [0.05, 0.1) is 6.61 Å². The summed E-state index contributed by atoms with van der Waals surface area (Å²) in [6.07, 6.45) is 4.27. The lowest BCUT2D eigenvalue weighted by Gasteiger charge is -2.42. The number of likely N-dealkylation sites (tertiary alicyclic amines) is 3. The molecule has 18 heteroatoms. The van der Waals surface area contributed by atoms with Gasteiger partial charge in [0.25, 0.3) is 0 Å². The first-order chi connectivity index (χ1) is 29.6. The van der Waals surface area contributed by atoms with E-state index in [9.17, 15) is 47.4 Å². The first kappa shape index (κ1) is 44.4. The monoisotopic (exact) mass is 862 g/mol. The number of benzene rings is 2. The lowest BCUT2D eigenvalue weighted by Crippen LogP contribution is -2.63.